The van der Waals surface area contributed by atoms with Gasteiger partial charge in [0, 0.05) is 17.5 Å². The van der Waals surface area contributed by atoms with E-state index >= 15 is 0 Å². The van der Waals surface area contributed by atoms with Crippen molar-refractivity contribution in [1.82, 2.24) is 5.32 Å². The van der Waals surface area contributed by atoms with E-state index in [1.165, 1.54) is 11.1 Å². The molecule has 0 saturated heterocycles. The molecule has 2 aromatic rings. The smallest absolute Gasteiger partial charge is 0.0104 e. The Hall–Kier alpha value is -1.60. The highest BCUT2D eigenvalue weighted by Crippen LogP contribution is 2.29. The lowest BCUT2D eigenvalue weighted by Gasteiger charge is -2.29. The van der Waals surface area contributed by atoms with Gasteiger partial charge >= 0.3 is 0 Å². The van der Waals surface area contributed by atoms with Gasteiger partial charge in [-0.05, 0) is 45.2 Å². The molecule has 2 rings (SSSR count). The molecule has 0 heterocycles. The van der Waals surface area contributed by atoms with Gasteiger partial charge in [-0.15, -0.1) is 0 Å². The van der Waals surface area contributed by atoms with Gasteiger partial charge in [0.05, 0.1) is 0 Å². The Balaban J connectivity index is 2.21. The van der Waals surface area contributed by atoms with Crippen LogP contribution in [0.15, 0.2) is 60.7 Å². The van der Waals surface area contributed by atoms with Crippen LogP contribution >= 0.6 is 0 Å². The molecule has 1 N–H and O–H groups in total. The minimum Gasteiger partial charge on any atom is -0.310 e. The molecular weight excluding hydrogens is 254 g/mol. The van der Waals surface area contributed by atoms with E-state index in [1.807, 2.05) is 0 Å². The standard InChI is InChI=1S/C20H27N/c1-16(21-20(2,3)4)15-19(17-11-7-5-8-12-17)18-13-9-6-10-14-18/h5-14,16,19,21H,15H2,1-4H3. The Bertz CT molecular complexity index is 485. The molecule has 0 radical (unpaired) electrons. The highest BCUT2D eigenvalue weighted by atomic mass is 15.0. The van der Waals surface area contributed by atoms with Crippen LogP contribution in [0, 0.1) is 0 Å². The number of benzene rings is 2. The Morgan fingerprint density at radius 1 is 0.810 bits per heavy atom. The fourth-order valence-electron chi connectivity index (χ4n) is 2.99. The van der Waals surface area contributed by atoms with Crippen molar-refractivity contribution in [3.8, 4) is 0 Å². The Morgan fingerprint density at radius 2 is 1.24 bits per heavy atom. The predicted molar refractivity (Wildman–Crippen MR) is 91.7 cm³/mol. The molecule has 0 fully saturated rings. The molecule has 0 aliphatic carbocycles. The summed E-state index contributed by atoms with van der Waals surface area (Å²) in [4.78, 5) is 0. The van der Waals surface area contributed by atoms with Crippen LogP contribution in [-0.4, -0.2) is 11.6 Å². The molecular formula is C20H27N. The Morgan fingerprint density at radius 3 is 1.62 bits per heavy atom. The summed E-state index contributed by atoms with van der Waals surface area (Å²) in [6, 6.07) is 22.1. The summed E-state index contributed by atoms with van der Waals surface area (Å²) in [5.41, 5.74) is 2.94. The van der Waals surface area contributed by atoms with Gasteiger partial charge in [-0.1, -0.05) is 60.7 Å². The van der Waals surface area contributed by atoms with E-state index in [0.717, 1.165) is 6.42 Å². The summed E-state index contributed by atoms with van der Waals surface area (Å²) >= 11 is 0. The molecule has 0 spiro atoms. The fourth-order valence-corrected chi connectivity index (χ4v) is 2.99. The summed E-state index contributed by atoms with van der Waals surface area (Å²) in [5.74, 6) is 0.442. The topological polar surface area (TPSA) is 12.0 Å². The van der Waals surface area contributed by atoms with E-state index in [2.05, 4.69) is 93.7 Å². The van der Waals surface area contributed by atoms with Crippen LogP contribution in [0.2, 0.25) is 0 Å². The van der Waals surface area contributed by atoms with Gasteiger partial charge in [0.1, 0.15) is 0 Å². The number of nitrogens with one attached hydrogen (secondary N) is 1. The quantitative estimate of drug-likeness (QED) is 0.814. The molecule has 1 nitrogen and oxygen atoms in total. The lowest BCUT2D eigenvalue weighted by atomic mass is 9.86. The first-order valence-corrected chi connectivity index (χ1v) is 7.83. The lowest BCUT2D eigenvalue weighted by Crippen LogP contribution is -2.42. The highest BCUT2D eigenvalue weighted by molar-refractivity contribution is 5.32. The summed E-state index contributed by atoms with van der Waals surface area (Å²) in [7, 11) is 0. The van der Waals surface area contributed by atoms with Crippen molar-refractivity contribution < 1.29 is 0 Å². The highest BCUT2D eigenvalue weighted by Gasteiger charge is 2.20. The number of hydrogen-bond acceptors (Lipinski definition) is 1. The van der Waals surface area contributed by atoms with Crippen molar-refractivity contribution in [2.75, 3.05) is 0 Å². The maximum atomic E-state index is 3.69. The van der Waals surface area contributed by atoms with Crippen LogP contribution in [0.25, 0.3) is 0 Å². The number of rotatable bonds is 5. The average molecular weight is 281 g/mol. The van der Waals surface area contributed by atoms with Crippen LogP contribution in [0.1, 0.15) is 51.2 Å². The third-order valence-electron chi connectivity index (χ3n) is 3.67. The molecule has 0 saturated carbocycles. The molecule has 0 amide bonds. The second-order valence-corrected chi connectivity index (χ2v) is 6.91. The first-order chi connectivity index (χ1) is 9.96. The largest absolute Gasteiger partial charge is 0.310 e. The van der Waals surface area contributed by atoms with E-state index in [1.54, 1.807) is 0 Å². The van der Waals surface area contributed by atoms with Crippen LogP contribution in [0.4, 0.5) is 0 Å². The molecule has 0 aliphatic rings. The summed E-state index contributed by atoms with van der Waals surface area (Å²) < 4.78 is 0. The van der Waals surface area contributed by atoms with Gasteiger partial charge in [-0.3, -0.25) is 0 Å². The van der Waals surface area contributed by atoms with Gasteiger partial charge in [-0.2, -0.15) is 0 Å². The number of hydrogen-bond donors (Lipinski definition) is 1. The molecule has 0 bridgehead atoms. The summed E-state index contributed by atoms with van der Waals surface area (Å²) in [6.45, 7) is 8.96. The SMILES string of the molecule is CC(CC(c1ccccc1)c1ccccc1)NC(C)(C)C. The summed E-state index contributed by atoms with van der Waals surface area (Å²) in [5, 5.41) is 3.69. The maximum Gasteiger partial charge on any atom is 0.0104 e. The van der Waals surface area contributed by atoms with E-state index in [0.29, 0.717) is 12.0 Å². The van der Waals surface area contributed by atoms with Crippen molar-refractivity contribution >= 4 is 0 Å². The van der Waals surface area contributed by atoms with Crippen molar-refractivity contribution in [1.29, 1.82) is 0 Å². The minimum absolute atomic E-state index is 0.150. The van der Waals surface area contributed by atoms with E-state index in [-0.39, 0.29) is 5.54 Å². The van der Waals surface area contributed by atoms with Gasteiger partial charge in [-0.25, -0.2) is 0 Å². The Kier molecular flexibility index (Phi) is 5.19. The van der Waals surface area contributed by atoms with E-state index in [9.17, 15) is 0 Å². The zero-order chi connectivity index (χ0) is 15.3. The first kappa shape index (κ1) is 15.8. The van der Waals surface area contributed by atoms with Crippen LogP contribution in [0.5, 0.6) is 0 Å². The predicted octanol–water partition coefficient (Wildman–Crippen LogP) is 4.99. The van der Waals surface area contributed by atoms with Crippen molar-refractivity contribution in [3.63, 3.8) is 0 Å². The Labute approximate surface area is 129 Å². The molecule has 1 atom stereocenters. The molecule has 1 unspecified atom stereocenters. The third kappa shape index (κ3) is 5.02. The zero-order valence-electron chi connectivity index (χ0n) is 13.6. The van der Waals surface area contributed by atoms with Crippen LogP contribution in [-0.2, 0) is 0 Å². The first-order valence-electron chi connectivity index (χ1n) is 7.83. The molecule has 0 aromatic heterocycles. The van der Waals surface area contributed by atoms with Gasteiger partial charge < -0.3 is 5.32 Å². The molecule has 1 heteroatoms. The van der Waals surface area contributed by atoms with Crippen molar-refractivity contribution in [2.45, 2.75) is 51.6 Å². The molecule has 21 heavy (non-hydrogen) atoms. The second-order valence-electron chi connectivity index (χ2n) is 6.91. The molecule has 0 aliphatic heterocycles. The van der Waals surface area contributed by atoms with Gasteiger partial charge in [0.25, 0.3) is 0 Å². The van der Waals surface area contributed by atoms with Gasteiger partial charge in [0.2, 0.25) is 0 Å². The van der Waals surface area contributed by atoms with Crippen molar-refractivity contribution in [3.05, 3.63) is 71.8 Å². The summed E-state index contributed by atoms with van der Waals surface area (Å²) in [6.07, 6.45) is 1.10. The van der Waals surface area contributed by atoms with E-state index < -0.39 is 0 Å². The van der Waals surface area contributed by atoms with Crippen molar-refractivity contribution in [2.24, 2.45) is 0 Å². The van der Waals surface area contributed by atoms with Crippen LogP contribution in [0.3, 0.4) is 0 Å². The minimum atomic E-state index is 0.150. The average Bonchev–Trinajstić information content (AvgIpc) is 2.45. The monoisotopic (exact) mass is 281 g/mol. The fraction of sp³-hybridized carbons (Fsp3) is 0.400. The van der Waals surface area contributed by atoms with E-state index in [4.69, 9.17) is 0 Å². The normalized spacial score (nSPS) is 13.4. The van der Waals surface area contributed by atoms with Gasteiger partial charge in [0.15, 0.2) is 0 Å². The zero-order valence-corrected chi connectivity index (χ0v) is 13.6. The third-order valence-corrected chi connectivity index (χ3v) is 3.67. The lowest BCUT2D eigenvalue weighted by molar-refractivity contribution is 0.353. The molecule has 2 aromatic carbocycles. The van der Waals surface area contributed by atoms with Crippen LogP contribution < -0.4 is 5.32 Å². The second kappa shape index (κ2) is 6.91. The maximum absolute atomic E-state index is 3.69. The molecule has 112 valence electrons.